The monoisotopic (exact) mass is 527 g/mol. The van der Waals surface area contributed by atoms with E-state index in [9.17, 15) is 4.79 Å². The van der Waals surface area contributed by atoms with Crippen LogP contribution in [0.15, 0.2) is 29.3 Å². The van der Waals surface area contributed by atoms with Crippen LogP contribution in [0.5, 0.6) is 0 Å². The third-order valence-electron chi connectivity index (χ3n) is 6.31. The number of halogens is 1. The van der Waals surface area contributed by atoms with Crippen LogP contribution in [0.2, 0.25) is 0 Å². The number of carbonyl (C=O) groups excluding carboxylic acids is 1. The fraction of sp³-hybridized carbons (Fsp3) is 0.652. The molecule has 0 spiro atoms. The smallest absolute Gasteiger partial charge is 0.321 e. The Kier molecular flexibility index (Phi) is 10.2. The summed E-state index contributed by atoms with van der Waals surface area (Å²) in [5, 5.41) is 10.0. The van der Waals surface area contributed by atoms with Crippen molar-refractivity contribution >= 4 is 41.7 Å². The number of nitrogens with one attached hydrogen (secondary N) is 3. The van der Waals surface area contributed by atoms with Gasteiger partial charge in [0, 0.05) is 38.4 Å². The third-order valence-corrected chi connectivity index (χ3v) is 6.31. The lowest BCUT2D eigenvalue weighted by Crippen LogP contribution is -2.44. The number of aliphatic imine (C=N–C) groups is 1. The summed E-state index contributed by atoms with van der Waals surface area (Å²) in [7, 11) is 1.82. The summed E-state index contributed by atoms with van der Waals surface area (Å²) in [5.41, 5.74) is 1.96. The molecule has 1 aromatic rings. The highest BCUT2D eigenvalue weighted by molar-refractivity contribution is 14.0. The minimum absolute atomic E-state index is 0. The number of carbonyl (C=O) groups is 1. The first-order chi connectivity index (χ1) is 14.0. The fourth-order valence-corrected chi connectivity index (χ4v) is 4.39. The second kappa shape index (κ2) is 12.4. The van der Waals surface area contributed by atoms with Crippen molar-refractivity contribution in [1.82, 2.24) is 15.5 Å². The number of guanidine groups is 1. The second-order valence-electron chi connectivity index (χ2n) is 8.75. The van der Waals surface area contributed by atoms with Crippen molar-refractivity contribution < 1.29 is 4.79 Å². The lowest BCUT2D eigenvalue weighted by Gasteiger charge is -2.32. The van der Waals surface area contributed by atoms with Crippen molar-refractivity contribution in [2.75, 3.05) is 25.5 Å². The molecule has 1 aliphatic carbocycles. The molecule has 1 aliphatic heterocycles. The molecule has 0 aromatic heterocycles. The van der Waals surface area contributed by atoms with Gasteiger partial charge in [-0.25, -0.2) is 4.79 Å². The Balaban J connectivity index is 0.00000320. The second-order valence-corrected chi connectivity index (χ2v) is 8.75. The van der Waals surface area contributed by atoms with Crippen molar-refractivity contribution in [3.63, 3.8) is 0 Å². The zero-order chi connectivity index (χ0) is 20.6. The van der Waals surface area contributed by atoms with E-state index in [2.05, 4.69) is 40.9 Å². The maximum atomic E-state index is 12.3. The minimum atomic E-state index is 0. The van der Waals surface area contributed by atoms with Gasteiger partial charge in [0.1, 0.15) is 0 Å². The molecule has 2 fully saturated rings. The number of urea groups is 1. The molecule has 0 radical (unpaired) electrons. The van der Waals surface area contributed by atoms with Crippen molar-refractivity contribution in [3.05, 3.63) is 29.8 Å². The molecule has 2 aliphatic rings. The van der Waals surface area contributed by atoms with E-state index in [1.165, 1.54) is 25.7 Å². The van der Waals surface area contributed by atoms with Crippen LogP contribution in [0.1, 0.15) is 57.9 Å². The lowest BCUT2D eigenvalue weighted by atomic mass is 9.80. The zero-order valence-electron chi connectivity index (χ0n) is 18.6. The zero-order valence-corrected chi connectivity index (χ0v) is 20.9. The fourth-order valence-electron chi connectivity index (χ4n) is 4.39. The van der Waals surface area contributed by atoms with Gasteiger partial charge < -0.3 is 20.9 Å². The van der Waals surface area contributed by atoms with Gasteiger partial charge in [-0.2, -0.15) is 0 Å². The van der Waals surface area contributed by atoms with Crippen molar-refractivity contribution in [2.24, 2.45) is 16.8 Å². The molecule has 7 heteroatoms. The van der Waals surface area contributed by atoms with Gasteiger partial charge in [0.2, 0.25) is 0 Å². The Hall–Kier alpha value is -1.51. The van der Waals surface area contributed by atoms with Crippen molar-refractivity contribution in [3.8, 4) is 0 Å². The van der Waals surface area contributed by atoms with Gasteiger partial charge in [0.05, 0.1) is 0 Å². The molecule has 2 amide bonds. The molecule has 1 saturated heterocycles. The van der Waals surface area contributed by atoms with E-state index in [0.29, 0.717) is 12.6 Å². The molecule has 3 rings (SSSR count). The summed E-state index contributed by atoms with van der Waals surface area (Å²) in [6.45, 7) is 7.05. The normalized spacial score (nSPS) is 21.9. The minimum Gasteiger partial charge on any atom is -0.354 e. The number of nitrogens with zero attached hydrogens (tertiary/aromatic N) is 2. The molecule has 0 atom stereocenters. The van der Waals surface area contributed by atoms with Gasteiger partial charge in [0.15, 0.2) is 5.96 Å². The molecule has 0 unspecified atom stereocenters. The summed E-state index contributed by atoms with van der Waals surface area (Å²) in [5.74, 6) is 2.50. The standard InChI is InChI=1S/C23H37N5O.HI/c1-17(2)19-9-11-20(12-10-19)26-22(24-3)25-16-18-7-6-8-21(15-18)27-23(29)28-13-4-5-14-28;/h6-8,15,17,19-20H,4-5,9-14,16H2,1-3H3,(H,27,29)(H2,24,25,26);1H. The SMILES string of the molecule is CN=C(NCc1cccc(NC(=O)N2CCCC2)c1)NC1CCC(C(C)C)CC1.I. The van der Waals surface area contributed by atoms with Crippen LogP contribution in [-0.4, -0.2) is 43.1 Å². The van der Waals surface area contributed by atoms with E-state index in [4.69, 9.17) is 0 Å². The van der Waals surface area contributed by atoms with Gasteiger partial charge in [-0.15, -0.1) is 24.0 Å². The molecule has 30 heavy (non-hydrogen) atoms. The largest absolute Gasteiger partial charge is 0.354 e. The molecular weight excluding hydrogens is 489 g/mol. The highest BCUT2D eigenvalue weighted by Crippen LogP contribution is 2.29. The van der Waals surface area contributed by atoms with Crippen LogP contribution in [0.3, 0.4) is 0 Å². The highest BCUT2D eigenvalue weighted by Gasteiger charge is 2.23. The van der Waals surface area contributed by atoms with Crippen LogP contribution >= 0.6 is 24.0 Å². The quantitative estimate of drug-likeness (QED) is 0.293. The Morgan fingerprint density at radius 3 is 2.50 bits per heavy atom. The molecule has 1 heterocycles. The summed E-state index contributed by atoms with van der Waals surface area (Å²) >= 11 is 0. The maximum Gasteiger partial charge on any atom is 0.321 e. The molecule has 168 valence electrons. The number of anilines is 1. The maximum absolute atomic E-state index is 12.3. The summed E-state index contributed by atoms with van der Waals surface area (Å²) in [6, 6.07) is 8.53. The van der Waals surface area contributed by atoms with Gasteiger partial charge in [0.25, 0.3) is 0 Å². The number of rotatable bonds is 5. The predicted molar refractivity (Wildman–Crippen MR) is 136 cm³/mol. The van der Waals surface area contributed by atoms with Crippen LogP contribution in [0, 0.1) is 11.8 Å². The number of hydrogen-bond donors (Lipinski definition) is 3. The van der Waals surface area contributed by atoms with Crippen molar-refractivity contribution in [1.29, 1.82) is 0 Å². The molecule has 6 nitrogen and oxygen atoms in total. The number of likely N-dealkylation sites (tertiary alicyclic amines) is 1. The van der Waals surface area contributed by atoms with Crippen LogP contribution in [-0.2, 0) is 6.54 Å². The molecule has 3 N–H and O–H groups in total. The van der Waals surface area contributed by atoms with E-state index in [1.807, 2.05) is 30.1 Å². The molecule has 1 aromatic carbocycles. The van der Waals surface area contributed by atoms with Crippen LogP contribution < -0.4 is 16.0 Å². The first-order valence-corrected chi connectivity index (χ1v) is 11.2. The Morgan fingerprint density at radius 1 is 1.17 bits per heavy atom. The Bertz CT molecular complexity index is 695. The van der Waals surface area contributed by atoms with E-state index >= 15 is 0 Å². The van der Waals surface area contributed by atoms with E-state index in [0.717, 1.165) is 55.0 Å². The molecule has 1 saturated carbocycles. The summed E-state index contributed by atoms with van der Waals surface area (Å²) in [6.07, 6.45) is 7.21. The predicted octanol–water partition coefficient (Wildman–Crippen LogP) is 4.81. The van der Waals surface area contributed by atoms with Crippen molar-refractivity contribution in [2.45, 2.75) is 65.0 Å². The average Bonchev–Trinajstić information content (AvgIpc) is 3.27. The van der Waals surface area contributed by atoms with E-state index in [1.54, 1.807) is 0 Å². The Labute approximate surface area is 198 Å². The Morgan fingerprint density at radius 2 is 1.87 bits per heavy atom. The first kappa shape index (κ1) is 24.8. The third kappa shape index (κ3) is 7.32. The van der Waals surface area contributed by atoms with Gasteiger partial charge in [-0.3, -0.25) is 4.99 Å². The average molecular weight is 527 g/mol. The number of benzene rings is 1. The van der Waals surface area contributed by atoms with Crippen LogP contribution in [0.4, 0.5) is 10.5 Å². The van der Waals surface area contributed by atoms with Gasteiger partial charge in [-0.05, 0) is 68.1 Å². The first-order valence-electron chi connectivity index (χ1n) is 11.2. The molecule has 0 bridgehead atoms. The summed E-state index contributed by atoms with van der Waals surface area (Å²) < 4.78 is 0. The van der Waals surface area contributed by atoms with Gasteiger partial charge in [-0.1, -0.05) is 26.0 Å². The van der Waals surface area contributed by atoms with Crippen LogP contribution in [0.25, 0.3) is 0 Å². The highest BCUT2D eigenvalue weighted by atomic mass is 127. The lowest BCUT2D eigenvalue weighted by molar-refractivity contribution is 0.222. The topological polar surface area (TPSA) is 68.8 Å². The number of amides is 2. The summed E-state index contributed by atoms with van der Waals surface area (Å²) in [4.78, 5) is 18.6. The van der Waals surface area contributed by atoms with E-state index in [-0.39, 0.29) is 30.0 Å². The van der Waals surface area contributed by atoms with Gasteiger partial charge >= 0.3 is 6.03 Å². The van der Waals surface area contributed by atoms with E-state index < -0.39 is 0 Å². The number of hydrogen-bond acceptors (Lipinski definition) is 2. The molecular formula is C23H38IN5O.